The van der Waals surface area contributed by atoms with Crippen LogP contribution in [-0.4, -0.2) is 41.5 Å². The smallest absolute Gasteiger partial charge is 0.191 e. The van der Waals surface area contributed by atoms with Crippen LogP contribution in [0.2, 0.25) is 0 Å². The Morgan fingerprint density at radius 3 is 2.72 bits per heavy atom. The third-order valence-corrected chi connectivity index (χ3v) is 6.07. The molecule has 158 valence electrons. The van der Waals surface area contributed by atoms with Gasteiger partial charge < -0.3 is 10.6 Å². The number of rotatable bonds is 6. The van der Waals surface area contributed by atoms with E-state index < -0.39 is 11.6 Å². The van der Waals surface area contributed by atoms with Crippen molar-refractivity contribution < 1.29 is 8.78 Å². The van der Waals surface area contributed by atoms with Gasteiger partial charge in [0.25, 0.3) is 0 Å². The second-order valence-electron chi connectivity index (χ2n) is 7.36. The number of aromatic nitrogens is 1. The van der Waals surface area contributed by atoms with E-state index in [0.29, 0.717) is 6.54 Å². The summed E-state index contributed by atoms with van der Waals surface area (Å²) in [5.74, 6) is -0.197. The number of aryl methyl sites for hydroxylation is 2. The van der Waals surface area contributed by atoms with E-state index in [1.807, 2.05) is 20.8 Å². The lowest BCUT2D eigenvalue weighted by atomic mass is 10.0. The lowest BCUT2D eigenvalue weighted by Gasteiger charge is -2.34. The molecule has 1 aromatic carbocycles. The van der Waals surface area contributed by atoms with Gasteiger partial charge in [-0.15, -0.1) is 11.3 Å². The van der Waals surface area contributed by atoms with Crippen molar-refractivity contribution >= 4 is 17.3 Å². The van der Waals surface area contributed by atoms with Crippen molar-refractivity contribution in [2.24, 2.45) is 4.99 Å². The van der Waals surface area contributed by atoms with Crippen molar-refractivity contribution in [1.29, 1.82) is 0 Å². The number of hydrogen-bond acceptors (Lipinski definition) is 4. The number of halogens is 2. The lowest BCUT2D eigenvalue weighted by molar-refractivity contribution is 0.188. The zero-order chi connectivity index (χ0) is 20.8. The summed E-state index contributed by atoms with van der Waals surface area (Å²) in [6.45, 7) is 9.23. The van der Waals surface area contributed by atoms with Gasteiger partial charge in [0.15, 0.2) is 5.96 Å². The van der Waals surface area contributed by atoms with E-state index in [9.17, 15) is 8.78 Å². The first-order chi connectivity index (χ1) is 14.0. The maximum absolute atomic E-state index is 14.0. The average Bonchev–Trinajstić information content (AvgIpc) is 3.00. The summed E-state index contributed by atoms with van der Waals surface area (Å²) in [4.78, 5) is 12.4. The number of hydrogen-bond donors (Lipinski definition) is 2. The molecular formula is C21H29F2N5S. The fourth-order valence-corrected chi connectivity index (χ4v) is 4.47. The minimum atomic E-state index is -0.481. The molecule has 29 heavy (non-hydrogen) atoms. The van der Waals surface area contributed by atoms with Gasteiger partial charge in [-0.05, 0) is 52.3 Å². The van der Waals surface area contributed by atoms with Gasteiger partial charge in [-0.1, -0.05) is 6.07 Å². The molecule has 1 atom stereocenters. The Morgan fingerprint density at radius 1 is 1.31 bits per heavy atom. The third kappa shape index (κ3) is 5.96. The van der Waals surface area contributed by atoms with Crippen LogP contribution in [-0.2, 0) is 13.1 Å². The van der Waals surface area contributed by atoms with Crippen LogP contribution in [0.15, 0.2) is 23.2 Å². The minimum Gasteiger partial charge on any atom is -0.357 e. The van der Waals surface area contributed by atoms with Crippen molar-refractivity contribution in [2.45, 2.75) is 52.7 Å². The first-order valence-electron chi connectivity index (χ1n) is 10.1. The zero-order valence-electron chi connectivity index (χ0n) is 17.3. The van der Waals surface area contributed by atoms with E-state index >= 15 is 0 Å². The molecule has 1 unspecified atom stereocenters. The van der Waals surface area contributed by atoms with Crippen LogP contribution in [0.1, 0.15) is 40.9 Å². The molecule has 0 radical (unpaired) electrons. The third-order valence-electron chi connectivity index (χ3n) is 5.01. The Hall–Kier alpha value is -2.06. The molecule has 0 amide bonds. The summed E-state index contributed by atoms with van der Waals surface area (Å²) >= 11 is 1.67. The molecule has 1 aromatic heterocycles. The van der Waals surface area contributed by atoms with Crippen LogP contribution < -0.4 is 10.6 Å². The molecule has 1 aliphatic rings. The molecule has 2 heterocycles. The monoisotopic (exact) mass is 421 g/mol. The number of thiazole rings is 1. The van der Waals surface area contributed by atoms with Crippen LogP contribution in [0.25, 0.3) is 0 Å². The quantitative estimate of drug-likeness (QED) is 0.551. The summed E-state index contributed by atoms with van der Waals surface area (Å²) in [5.41, 5.74) is 1.17. The van der Waals surface area contributed by atoms with Gasteiger partial charge >= 0.3 is 0 Å². The van der Waals surface area contributed by atoms with E-state index in [2.05, 4.69) is 20.5 Å². The van der Waals surface area contributed by atoms with Crippen LogP contribution in [0, 0.1) is 25.5 Å². The summed E-state index contributed by atoms with van der Waals surface area (Å²) < 4.78 is 28.0. The van der Waals surface area contributed by atoms with Gasteiger partial charge in [0.1, 0.15) is 11.6 Å². The van der Waals surface area contributed by atoms with Crippen LogP contribution >= 0.6 is 11.3 Å². The highest BCUT2D eigenvalue weighted by molar-refractivity contribution is 7.11. The molecule has 1 fully saturated rings. The molecule has 5 nitrogen and oxygen atoms in total. The maximum atomic E-state index is 14.0. The van der Waals surface area contributed by atoms with E-state index in [1.54, 1.807) is 11.3 Å². The Kier molecular flexibility index (Phi) is 7.55. The van der Waals surface area contributed by atoms with Crippen molar-refractivity contribution in [3.05, 3.63) is 51.0 Å². The van der Waals surface area contributed by atoms with Gasteiger partial charge in [0.2, 0.25) is 0 Å². The molecule has 1 aliphatic heterocycles. The van der Waals surface area contributed by atoms with Gasteiger partial charge in [-0.3, -0.25) is 4.90 Å². The number of aliphatic imine (C=N–C) groups is 1. The first-order valence-corrected chi connectivity index (χ1v) is 10.9. The van der Waals surface area contributed by atoms with Crippen molar-refractivity contribution in [3.63, 3.8) is 0 Å². The maximum Gasteiger partial charge on any atom is 0.191 e. The van der Waals surface area contributed by atoms with Gasteiger partial charge in [0.05, 0.1) is 17.2 Å². The molecule has 0 saturated carbocycles. The van der Waals surface area contributed by atoms with Gasteiger partial charge in [0, 0.05) is 36.1 Å². The second-order valence-corrected chi connectivity index (χ2v) is 8.64. The summed E-state index contributed by atoms with van der Waals surface area (Å²) in [6, 6.07) is 4.22. The van der Waals surface area contributed by atoms with E-state index in [0.717, 1.165) is 49.1 Å². The molecule has 0 bridgehead atoms. The van der Waals surface area contributed by atoms with Crippen molar-refractivity contribution in [2.75, 3.05) is 19.6 Å². The molecule has 1 saturated heterocycles. The average molecular weight is 422 g/mol. The second kappa shape index (κ2) is 10.1. The van der Waals surface area contributed by atoms with Crippen LogP contribution in [0.4, 0.5) is 8.78 Å². The molecular weight excluding hydrogens is 392 g/mol. The largest absolute Gasteiger partial charge is 0.357 e. The molecule has 8 heteroatoms. The molecule has 0 spiro atoms. The fourth-order valence-electron chi connectivity index (χ4n) is 3.61. The lowest BCUT2D eigenvalue weighted by Crippen LogP contribution is -2.51. The van der Waals surface area contributed by atoms with E-state index in [1.165, 1.54) is 23.1 Å². The van der Waals surface area contributed by atoms with E-state index in [-0.39, 0.29) is 18.2 Å². The molecule has 3 rings (SSSR count). The minimum absolute atomic E-state index is 0.143. The SMILES string of the molecule is CCNC(=NCc1sc(C)nc1C)NC1CCCN(Cc2c(F)cccc2F)C1. The Balaban J connectivity index is 1.62. The normalized spacial score (nSPS) is 18.1. The Morgan fingerprint density at radius 2 is 2.07 bits per heavy atom. The topological polar surface area (TPSA) is 52.6 Å². The van der Waals surface area contributed by atoms with E-state index in [4.69, 9.17) is 4.99 Å². The van der Waals surface area contributed by atoms with Gasteiger partial charge in [-0.2, -0.15) is 0 Å². The molecule has 0 aliphatic carbocycles. The highest BCUT2D eigenvalue weighted by Crippen LogP contribution is 2.19. The van der Waals surface area contributed by atoms with Gasteiger partial charge in [-0.25, -0.2) is 18.8 Å². The summed E-state index contributed by atoms with van der Waals surface area (Å²) in [7, 11) is 0. The zero-order valence-corrected chi connectivity index (χ0v) is 18.1. The standard InChI is InChI=1S/C21H29F2N5S/c1-4-24-21(25-11-20-14(2)26-15(3)29-20)27-16-7-6-10-28(12-16)13-17-18(22)8-5-9-19(17)23/h5,8-9,16H,4,6-7,10-13H2,1-3H3,(H2,24,25,27). The van der Waals surface area contributed by atoms with Crippen molar-refractivity contribution in [3.8, 4) is 0 Å². The fraction of sp³-hybridized carbons (Fsp3) is 0.524. The predicted octanol–water partition coefficient (Wildman–Crippen LogP) is 3.76. The number of guanidine groups is 1. The Bertz CT molecular complexity index is 831. The van der Waals surface area contributed by atoms with Crippen LogP contribution in [0.3, 0.4) is 0 Å². The predicted molar refractivity (Wildman–Crippen MR) is 114 cm³/mol. The van der Waals surface area contributed by atoms with Crippen LogP contribution in [0.5, 0.6) is 0 Å². The number of likely N-dealkylation sites (tertiary alicyclic amines) is 1. The molecule has 2 aromatic rings. The highest BCUT2D eigenvalue weighted by Gasteiger charge is 2.22. The number of nitrogens with zero attached hydrogens (tertiary/aromatic N) is 3. The summed E-state index contributed by atoms with van der Waals surface area (Å²) in [6.07, 6.45) is 1.97. The summed E-state index contributed by atoms with van der Waals surface area (Å²) in [5, 5.41) is 7.84. The van der Waals surface area contributed by atoms with Crippen molar-refractivity contribution in [1.82, 2.24) is 20.5 Å². The number of nitrogens with one attached hydrogen (secondary N) is 2. The number of benzene rings is 1. The Labute approximate surface area is 175 Å². The first kappa shape index (κ1) is 21.6. The number of piperidine rings is 1. The highest BCUT2D eigenvalue weighted by atomic mass is 32.1. The molecule has 2 N–H and O–H groups in total.